The molecular weight excluding hydrogens is 1140 g/mol. The number of aromatic amines is 2. The molecule has 3 fully saturated rings. The number of oxazole rings is 2. The second kappa shape index (κ2) is 33.2. The van der Waals surface area contributed by atoms with E-state index in [4.69, 9.17) is 40.5 Å². The molecule has 0 bridgehead atoms. The summed E-state index contributed by atoms with van der Waals surface area (Å²) in [6, 6.07) is 40.2. The Labute approximate surface area is 506 Å². The Hall–Kier alpha value is -5.98. The molecule has 5 aromatic carbocycles. The second-order valence-corrected chi connectivity index (χ2v) is 20.3. The van der Waals surface area contributed by atoms with Crippen molar-refractivity contribution in [3.8, 4) is 0 Å². The number of aromatic nitrogens is 2. The minimum absolute atomic E-state index is 0. The maximum Gasteiger partial charge on any atom is 1.00 e. The molecule has 0 amide bonds. The first-order valence-electron chi connectivity index (χ1n) is 26.1. The van der Waals surface area contributed by atoms with Crippen LogP contribution in [0.3, 0.4) is 0 Å². The number of aliphatic hydroxyl groups is 3. The Morgan fingerprint density at radius 2 is 1.17 bits per heavy atom. The van der Waals surface area contributed by atoms with Crippen LogP contribution < -0.4 is 46.4 Å². The molecule has 3 saturated heterocycles. The Kier molecular flexibility index (Phi) is 27.0. The molecule has 0 spiro atoms. The summed E-state index contributed by atoms with van der Waals surface area (Å²) in [6.45, 7) is 14.1. The zero-order chi connectivity index (χ0) is 57.4. The van der Waals surface area contributed by atoms with E-state index in [0.29, 0.717) is 47.0 Å². The third kappa shape index (κ3) is 19.6. The van der Waals surface area contributed by atoms with Crippen molar-refractivity contribution in [3.05, 3.63) is 202 Å². The summed E-state index contributed by atoms with van der Waals surface area (Å²) in [4.78, 5) is 49.1. The first kappa shape index (κ1) is 65.8. The number of halogens is 2. The van der Waals surface area contributed by atoms with Gasteiger partial charge in [0.15, 0.2) is 16.3 Å². The van der Waals surface area contributed by atoms with E-state index < -0.39 is 28.3 Å². The van der Waals surface area contributed by atoms with E-state index in [2.05, 4.69) is 69.4 Å². The number of likely N-dealkylation sites (tertiary alicyclic amines) is 2. The van der Waals surface area contributed by atoms with Crippen LogP contribution >= 0.6 is 27.5 Å². The van der Waals surface area contributed by atoms with Gasteiger partial charge in [-0.1, -0.05) is 147 Å². The number of nitrogens with one attached hydrogen (secondary N) is 3. The van der Waals surface area contributed by atoms with Gasteiger partial charge in [-0.15, -0.1) is 13.2 Å². The molecule has 0 radical (unpaired) electrons. The molecule has 11 rings (SSSR count). The molecule has 6 heterocycles. The summed E-state index contributed by atoms with van der Waals surface area (Å²) < 4.78 is 9.93. The van der Waals surface area contributed by atoms with Gasteiger partial charge in [-0.25, -0.2) is 14.8 Å². The number of fused-ring (bicyclic) bond motifs is 2. The minimum Gasteiger partial charge on any atom is -1.00 e. The van der Waals surface area contributed by atoms with Gasteiger partial charge in [0.05, 0.1) is 33.5 Å². The molecule has 428 valence electrons. The van der Waals surface area contributed by atoms with Gasteiger partial charge in [0.1, 0.15) is 6.10 Å². The van der Waals surface area contributed by atoms with E-state index in [0.717, 1.165) is 111 Å². The van der Waals surface area contributed by atoms with Gasteiger partial charge in [0.25, 0.3) is 0 Å². The summed E-state index contributed by atoms with van der Waals surface area (Å²) in [5.74, 6) is -0.991. The normalized spacial score (nSPS) is 18.0. The van der Waals surface area contributed by atoms with Crippen LogP contribution in [0.1, 0.15) is 74.2 Å². The Balaban J connectivity index is 0.000000235. The molecule has 19 nitrogen and oxygen atoms in total. The maximum absolute atomic E-state index is 11.3. The number of alkyl halides is 1. The van der Waals surface area contributed by atoms with Crippen LogP contribution in [-0.2, 0) is 31.3 Å². The third-order valence-electron chi connectivity index (χ3n) is 14.0. The van der Waals surface area contributed by atoms with Crippen molar-refractivity contribution in [1.29, 1.82) is 0 Å². The van der Waals surface area contributed by atoms with Gasteiger partial charge in [-0.05, 0) is 98.6 Å². The van der Waals surface area contributed by atoms with Crippen LogP contribution in [0.5, 0.6) is 0 Å². The van der Waals surface area contributed by atoms with E-state index in [1.54, 1.807) is 18.2 Å². The molecule has 0 saturated carbocycles. The van der Waals surface area contributed by atoms with Crippen molar-refractivity contribution in [1.82, 2.24) is 25.1 Å². The zero-order valence-corrected chi connectivity index (χ0v) is 49.6. The zero-order valence-electron chi connectivity index (χ0n) is 46.3. The van der Waals surface area contributed by atoms with Gasteiger partial charge in [-0.2, -0.15) is 0 Å². The fraction of sp³-hybridized carbons (Fsp3) is 0.339. The summed E-state index contributed by atoms with van der Waals surface area (Å²) in [5, 5.41) is 58.5. The number of carbonyl (C=O) groups is 1. The fourth-order valence-electron chi connectivity index (χ4n) is 9.59. The van der Waals surface area contributed by atoms with Crippen molar-refractivity contribution in [2.24, 2.45) is 10.3 Å². The Morgan fingerprint density at radius 3 is 1.62 bits per heavy atom. The number of allylic oxidation sites excluding steroid dienone is 1. The molecule has 81 heavy (non-hydrogen) atoms. The van der Waals surface area contributed by atoms with Crippen molar-refractivity contribution < 1.29 is 80.1 Å². The van der Waals surface area contributed by atoms with Crippen LogP contribution in [0, 0.1) is 0 Å². The second-order valence-electron chi connectivity index (χ2n) is 19.3. The van der Waals surface area contributed by atoms with Crippen LogP contribution in [0.2, 0.25) is 0 Å². The number of oxime groups is 2. The van der Waals surface area contributed by atoms with Crippen LogP contribution in [0.4, 0.5) is 0 Å². The molecule has 22 heteroatoms. The Bertz CT molecular complexity index is 3190. The number of hydrogen-bond acceptors (Lipinski definition) is 17. The molecule has 0 aliphatic carbocycles. The fourth-order valence-corrected chi connectivity index (χ4v) is 9.70. The molecule has 8 N–H and O–H groups in total. The molecule has 4 aliphatic heterocycles. The number of H-pyrrole nitrogens is 2. The number of carbonyl (C=O) groups excluding carboxylic acids is 1. The van der Waals surface area contributed by atoms with E-state index >= 15 is 0 Å². The minimum atomic E-state index is -0.744. The van der Waals surface area contributed by atoms with Crippen molar-refractivity contribution in [2.75, 3.05) is 57.7 Å². The average Bonchev–Trinajstić information content (AvgIpc) is 4.35. The maximum atomic E-state index is 11.3. The van der Waals surface area contributed by atoms with E-state index in [1.807, 2.05) is 115 Å². The number of nitrogens with zero attached hydrogens (tertiary/aromatic N) is 4. The van der Waals surface area contributed by atoms with Gasteiger partial charge in [-0.3, -0.25) is 24.6 Å². The van der Waals surface area contributed by atoms with Crippen molar-refractivity contribution in [2.45, 2.75) is 67.9 Å². The predicted octanol–water partition coefficient (Wildman–Crippen LogP) is 5.82. The average molecular weight is 1210 g/mol. The first-order valence-corrected chi connectivity index (χ1v) is 27.6. The SMILES string of the molecule is C=CCBr.C=CCN1CCC(O)(c2ccccc2)CC1.O=COO.O=c1[nH]c2ccc(C(Cl)=NO)cc2o1.O=c1[nH]c2ccc(C3=NOC(CN4CCC(O)(c5ccccc5)CC4)C3)cc2o1.OC1(c2ccccc2)CCNCC1.[H-].[Na+]. The smallest absolute Gasteiger partial charge is 1.00 e. The summed E-state index contributed by atoms with van der Waals surface area (Å²) in [6.07, 6.45) is 9.08. The van der Waals surface area contributed by atoms with E-state index in [-0.39, 0.29) is 48.7 Å². The summed E-state index contributed by atoms with van der Waals surface area (Å²) >= 11 is 8.70. The van der Waals surface area contributed by atoms with E-state index in [9.17, 15) is 24.9 Å². The largest absolute Gasteiger partial charge is 1.00 e. The Morgan fingerprint density at radius 1 is 0.728 bits per heavy atom. The molecule has 7 aromatic rings. The molecule has 4 aliphatic rings. The summed E-state index contributed by atoms with van der Waals surface area (Å²) in [7, 11) is 0. The number of hydrogen-bond donors (Lipinski definition) is 8. The van der Waals surface area contributed by atoms with Crippen LogP contribution in [0.15, 0.2) is 181 Å². The third-order valence-corrected chi connectivity index (χ3v) is 14.7. The van der Waals surface area contributed by atoms with Gasteiger partial charge >= 0.3 is 47.5 Å². The number of rotatable bonds is 11. The number of benzene rings is 5. The van der Waals surface area contributed by atoms with Gasteiger partial charge in [0, 0.05) is 62.1 Å². The van der Waals surface area contributed by atoms with E-state index in [1.165, 1.54) is 6.07 Å². The van der Waals surface area contributed by atoms with Crippen molar-refractivity contribution in [3.63, 3.8) is 0 Å². The first-order chi connectivity index (χ1) is 38.7. The molecule has 2 aromatic heterocycles. The number of piperidine rings is 3. The molecule has 1 unspecified atom stereocenters. The quantitative estimate of drug-likeness (QED) is 0.0111. The van der Waals surface area contributed by atoms with Crippen LogP contribution in [0.25, 0.3) is 22.2 Å². The standard InChI is InChI=1S/C22H23N3O4.C14H19NO.C11H15NO.C8H5ClN2O3.C3H5Br.CH2O3.Na.H/c26-21-23-18-7-6-15(12-20(18)28-21)19-13-17(29-24-19)14-25-10-8-22(27,9-11-25)16-4-2-1-3-5-16;1-2-10-15-11-8-14(16,9-12-15)13-6-4-3-5-7-13;13-11(6-8-12-9-7-11)10-4-2-1-3-5-10;9-7(11-13)4-1-2-5-6(3-4)14-8(12)10-5;1-2-3-4;2-1-4-3;;/h1-7,12,17,27H,8-11,13-14H2,(H,23,26);2-7,16H,1,8-12H2;1-5,12-13H,6-9H2;1-3,13H,(H,10,12);2H,1,3H2;1,3H;;/q;;;;;;+1;-1. The van der Waals surface area contributed by atoms with Crippen LogP contribution in [-0.4, -0.2) is 127 Å². The molecular formula is C59H70BrClN7NaO12. The van der Waals surface area contributed by atoms with Crippen molar-refractivity contribution >= 4 is 67.1 Å². The summed E-state index contributed by atoms with van der Waals surface area (Å²) in [5.41, 5.74) is 5.51. The van der Waals surface area contributed by atoms with Gasteiger partial charge in [0.2, 0.25) is 0 Å². The monoisotopic (exact) mass is 1210 g/mol. The predicted molar refractivity (Wildman–Crippen MR) is 313 cm³/mol. The topological polar surface area (TPSA) is 272 Å². The molecule has 1 atom stereocenters. The van der Waals surface area contributed by atoms with Gasteiger partial charge < -0.3 is 45.8 Å².